The molecule has 178 valence electrons. The highest BCUT2D eigenvalue weighted by Gasteiger charge is 2.28. The van der Waals surface area contributed by atoms with E-state index in [4.69, 9.17) is 4.74 Å². The van der Waals surface area contributed by atoms with Crippen LogP contribution < -0.4 is 10.1 Å². The number of nitrogens with one attached hydrogen (secondary N) is 1. The smallest absolute Gasteiger partial charge is 0.261 e. The van der Waals surface area contributed by atoms with Gasteiger partial charge in [0.05, 0.1) is 0 Å². The molecule has 5 heteroatoms. The molecule has 0 radical (unpaired) electrons. The Kier molecular flexibility index (Phi) is 7.84. The maximum atomic E-state index is 13.4. The lowest BCUT2D eigenvalue weighted by Crippen LogP contribution is -2.51. The van der Waals surface area contributed by atoms with Crippen LogP contribution in [0.15, 0.2) is 66.7 Å². The number of nitrogens with zero attached hydrogens (tertiary/aromatic N) is 1. The van der Waals surface area contributed by atoms with Crippen LogP contribution in [0.1, 0.15) is 50.2 Å². The standard InChI is InChI=1S/C29H34N2O3/c1-21-10-8-11-23(18-21)19-31(22(2)29(33)30-25-14-4-3-5-15-25)28(32)20-34-27-17-9-13-24-12-6-7-16-26(24)27/h6-13,16-18,22,25H,3-5,14-15,19-20H2,1-2H3,(H,30,33)/t22-/m1/s1. The fourth-order valence-electron chi connectivity index (χ4n) is 4.70. The second-order valence-corrected chi connectivity index (χ2v) is 9.30. The van der Waals surface area contributed by atoms with E-state index in [1.807, 2.05) is 74.5 Å². The van der Waals surface area contributed by atoms with E-state index in [1.165, 1.54) is 6.42 Å². The number of fused-ring (bicyclic) bond motifs is 1. The molecule has 4 rings (SSSR count). The number of aryl methyl sites for hydroxylation is 1. The molecule has 1 aliphatic carbocycles. The number of carbonyl (C=O) groups is 2. The molecule has 1 saturated carbocycles. The van der Waals surface area contributed by atoms with Crippen molar-refractivity contribution < 1.29 is 14.3 Å². The summed E-state index contributed by atoms with van der Waals surface area (Å²) < 4.78 is 5.98. The van der Waals surface area contributed by atoms with Gasteiger partial charge in [-0.15, -0.1) is 0 Å². The van der Waals surface area contributed by atoms with Gasteiger partial charge in [-0.2, -0.15) is 0 Å². The van der Waals surface area contributed by atoms with Gasteiger partial charge in [0.2, 0.25) is 5.91 Å². The first-order valence-electron chi connectivity index (χ1n) is 12.3. The van der Waals surface area contributed by atoms with Crippen molar-refractivity contribution in [3.05, 3.63) is 77.9 Å². The van der Waals surface area contributed by atoms with E-state index in [0.29, 0.717) is 12.3 Å². The highest BCUT2D eigenvalue weighted by atomic mass is 16.5. The van der Waals surface area contributed by atoms with Gasteiger partial charge in [-0.1, -0.05) is 85.5 Å². The summed E-state index contributed by atoms with van der Waals surface area (Å²) in [7, 11) is 0. The van der Waals surface area contributed by atoms with Crippen LogP contribution in [0.4, 0.5) is 0 Å². The molecule has 5 nitrogen and oxygen atoms in total. The lowest BCUT2D eigenvalue weighted by atomic mass is 9.95. The Hall–Kier alpha value is -3.34. The molecular formula is C29H34N2O3. The average Bonchev–Trinajstić information content (AvgIpc) is 2.86. The average molecular weight is 459 g/mol. The summed E-state index contributed by atoms with van der Waals surface area (Å²) in [5.74, 6) is 0.361. The zero-order chi connectivity index (χ0) is 23.9. The van der Waals surface area contributed by atoms with Gasteiger partial charge in [0.25, 0.3) is 5.91 Å². The highest BCUT2D eigenvalue weighted by Crippen LogP contribution is 2.25. The van der Waals surface area contributed by atoms with Gasteiger partial charge in [-0.25, -0.2) is 0 Å². The number of amides is 2. The van der Waals surface area contributed by atoms with E-state index in [1.54, 1.807) is 4.90 Å². The molecule has 0 spiro atoms. The van der Waals surface area contributed by atoms with Crippen LogP contribution in [0.5, 0.6) is 5.75 Å². The Morgan fingerprint density at radius 1 is 1.00 bits per heavy atom. The molecule has 0 heterocycles. The molecule has 1 aliphatic rings. The molecular weight excluding hydrogens is 424 g/mol. The lowest BCUT2D eigenvalue weighted by Gasteiger charge is -2.31. The van der Waals surface area contributed by atoms with Crippen molar-refractivity contribution in [2.45, 2.75) is 64.6 Å². The maximum Gasteiger partial charge on any atom is 0.261 e. The molecule has 3 aromatic rings. The van der Waals surface area contributed by atoms with E-state index in [0.717, 1.165) is 47.6 Å². The summed E-state index contributed by atoms with van der Waals surface area (Å²) in [6, 6.07) is 21.4. The number of ether oxygens (including phenoxy) is 1. The fourth-order valence-corrected chi connectivity index (χ4v) is 4.70. The number of hydrogen-bond donors (Lipinski definition) is 1. The quantitative estimate of drug-likeness (QED) is 0.492. The third kappa shape index (κ3) is 5.96. The van der Waals surface area contributed by atoms with Gasteiger partial charge in [0, 0.05) is 18.0 Å². The van der Waals surface area contributed by atoms with Crippen molar-refractivity contribution in [2.24, 2.45) is 0 Å². The van der Waals surface area contributed by atoms with Gasteiger partial charge in [0.15, 0.2) is 6.61 Å². The van der Waals surface area contributed by atoms with Crippen molar-refractivity contribution >= 4 is 22.6 Å². The third-order valence-corrected chi connectivity index (χ3v) is 6.66. The van der Waals surface area contributed by atoms with Gasteiger partial charge in [0.1, 0.15) is 11.8 Å². The molecule has 0 bridgehead atoms. The summed E-state index contributed by atoms with van der Waals surface area (Å²) in [5.41, 5.74) is 2.12. The Labute approximate surface area is 202 Å². The molecule has 0 aliphatic heterocycles. The van der Waals surface area contributed by atoms with E-state index >= 15 is 0 Å². The molecule has 2 amide bonds. The highest BCUT2D eigenvalue weighted by molar-refractivity contribution is 5.90. The molecule has 3 aromatic carbocycles. The van der Waals surface area contributed by atoms with Crippen LogP contribution in [0.3, 0.4) is 0 Å². The minimum absolute atomic E-state index is 0.0990. The molecule has 1 atom stereocenters. The first-order chi connectivity index (χ1) is 16.5. The molecule has 34 heavy (non-hydrogen) atoms. The Morgan fingerprint density at radius 2 is 1.74 bits per heavy atom. The van der Waals surface area contributed by atoms with Crippen molar-refractivity contribution in [3.63, 3.8) is 0 Å². The summed E-state index contributed by atoms with van der Waals surface area (Å²) in [5, 5.41) is 5.20. The Morgan fingerprint density at radius 3 is 2.53 bits per heavy atom. The molecule has 0 aromatic heterocycles. The van der Waals surface area contributed by atoms with Crippen LogP contribution in [-0.2, 0) is 16.1 Å². The van der Waals surface area contributed by atoms with Crippen molar-refractivity contribution in [1.82, 2.24) is 10.2 Å². The van der Waals surface area contributed by atoms with E-state index in [2.05, 4.69) is 11.4 Å². The van der Waals surface area contributed by atoms with Crippen LogP contribution in [0.25, 0.3) is 10.8 Å². The third-order valence-electron chi connectivity index (χ3n) is 6.66. The molecule has 0 unspecified atom stereocenters. The summed E-state index contributed by atoms with van der Waals surface area (Å²) in [6.45, 7) is 4.07. The second-order valence-electron chi connectivity index (χ2n) is 9.30. The van der Waals surface area contributed by atoms with E-state index < -0.39 is 6.04 Å². The minimum Gasteiger partial charge on any atom is -0.483 e. The lowest BCUT2D eigenvalue weighted by molar-refractivity contribution is -0.142. The van der Waals surface area contributed by atoms with Crippen LogP contribution in [-0.4, -0.2) is 35.4 Å². The van der Waals surface area contributed by atoms with Crippen molar-refractivity contribution in [1.29, 1.82) is 0 Å². The number of carbonyl (C=O) groups excluding carboxylic acids is 2. The summed E-state index contributed by atoms with van der Waals surface area (Å²) in [4.78, 5) is 28.2. The molecule has 0 saturated heterocycles. The van der Waals surface area contributed by atoms with E-state index in [-0.39, 0.29) is 24.5 Å². The maximum absolute atomic E-state index is 13.4. The van der Waals surface area contributed by atoms with Gasteiger partial charge in [-0.05, 0) is 43.7 Å². The van der Waals surface area contributed by atoms with Gasteiger partial charge >= 0.3 is 0 Å². The molecule has 1 N–H and O–H groups in total. The Bertz CT molecular complexity index is 1130. The number of benzene rings is 3. The number of rotatable bonds is 8. The predicted molar refractivity (Wildman–Crippen MR) is 136 cm³/mol. The first kappa shape index (κ1) is 23.8. The van der Waals surface area contributed by atoms with Crippen molar-refractivity contribution in [3.8, 4) is 5.75 Å². The van der Waals surface area contributed by atoms with Crippen molar-refractivity contribution in [2.75, 3.05) is 6.61 Å². The SMILES string of the molecule is Cc1cccc(CN(C(=O)COc2cccc3ccccc23)[C@H](C)C(=O)NC2CCCCC2)c1. The van der Waals surface area contributed by atoms with Gasteiger partial charge in [-0.3, -0.25) is 9.59 Å². The Balaban J connectivity index is 1.50. The number of hydrogen-bond acceptors (Lipinski definition) is 3. The zero-order valence-electron chi connectivity index (χ0n) is 20.1. The zero-order valence-corrected chi connectivity index (χ0v) is 20.1. The summed E-state index contributed by atoms with van der Waals surface area (Å²) >= 11 is 0. The normalized spacial score (nSPS) is 15.0. The predicted octanol–water partition coefficient (Wildman–Crippen LogP) is 5.39. The van der Waals surface area contributed by atoms with Gasteiger partial charge < -0.3 is 15.0 Å². The largest absolute Gasteiger partial charge is 0.483 e. The fraction of sp³-hybridized carbons (Fsp3) is 0.379. The van der Waals surface area contributed by atoms with Crippen LogP contribution in [0.2, 0.25) is 0 Å². The van der Waals surface area contributed by atoms with E-state index in [9.17, 15) is 9.59 Å². The van der Waals surface area contributed by atoms with Crippen LogP contribution >= 0.6 is 0 Å². The first-order valence-corrected chi connectivity index (χ1v) is 12.3. The second kappa shape index (κ2) is 11.2. The monoisotopic (exact) mass is 458 g/mol. The minimum atomic E-state index is -0.592. The molecule has 1 fully saturated rings. The van der Waals surface area contributed by atoms with Crippen LogP contribution in [0, 0.1) is 6.92 Å². The summed E-state index contributed by atoms with van der Waals surface area (Å²) in [6.07, 6.45) is 5.53. The topological polar surface area (TPSA) is 58.6 Å².